The van der Waals surface area contributed by atoms with Gasteiger partial charge in [0, 0.05) is 34.8 Å². The molecule has 0 saturated heterocycles. The molecule has 0 N–H and O–H groups in total. The molecular weight excluding hydrogens is 298 g/mol. The SMILES string of the molecule is CCCCCn1cc(C=O)c2c(-c3ccccc3OC)cccc21. The van der Waals surface area contributed by atoms with Gasteiger partial charge < -0.3 is 9.30 Å². The summed E-state index contributed by atoms with van der Waals surface area (Å²) in [5.41, 5.74) is 3.90. The lowest BCUT2D eigenvalue weighted by Gasteiger charge is -2.11. The summed E-state index contributed by atoms with van der Waals surface area (Å²) in [7, 11) is 1.68. The summed E-state index contributed by atoms with van der Waals surface area (Å²) in [5.74, 6) is 0.820. The van der Waals surface area contributed by atoms with Gasteiger partial charge in [-0.15, -0.1) is 0 Å². The van der Waals surface area contributed by atoms with Crippen molar-refractivity contribution >= 4 is 17.2 Å². The predicted octanol–water partition coefficient (Wildman–Crippen LogP) is 5.32. The number of para-hydroxylation sites is 1. The summed E-state index contributed by atoms with van der Waals surface area (Å²) in [6.45, 7) is 3.14. The zero-order valence-electron chi connectivity index (χ0n) is 14.3. The van der Waals surface area contributed by atoms with Gasteiger partial charge >= 0.3 is 0 Å². The average Bonchev–Trinajstić information content (AvgIpc) is 3.00. The molecule has 1 aromatic heterocycles. The fraction of sp³-hybridized carbons (Fsp3) is 0.286. The van der Waals surface area contributed by atoms with E-state index < -0.39 is 0 Å². The molecule has 0 fully saturated rings. The number of carbonyl (C=O) groups excluding carboxylic acids is 1. The standard InChI is InChI=1S/C21H23NO2/c1-3-4-7-13-22-14-16(15-23)21-18(10-8-11-19(21)22)17-9-5-6-12-20(17)24-2/h5-6,8-12,14-15H,3-4,7,13H2,1-2H3. The van der Waals surface area contributed by atoms with Crippen molar-refractivity contribution in [2.45, 2.75) is 32.7 Å². The van der Waals surface area contributed by atoms with Crippen LogP contribution < -0.4 is 4.74 Å². The van der Waals surface area contributed by atoms with Gasteiger partial charge in [0.2, 0.25) is 0 Å². The second kappa shape index (κ2) is 7.35. The minimum atomic E-state index is 0.739. The maximum Gasteiger partial charge on any atom is 0.152 e. The molecular formula is C21H23NO2. The second-order valence-corrected chi connectivity index (χ2v) is 6.00. The molecule has 0 amide bonds. The minimum absolute atomic E-state index is 0.739. The number of methoxy groups -OCH3 is 1. The molecule has 0 aliphatic heterocycles. The number of benzene rings is 2. The molecule has 3 aromatic rings. The van der Waals surface area contributed by atoms with Crippen molar-refractivity contribution < 1.29 is 9.53 Å². The summed E-state index contributed by atoms with van der Waals surface area (Å²) in [5, 5.41) is 1.01. The molecule has 124 valence electrons. The number of hydrogen-bond acceptors (Lipinski definition) is 2. The highest BCUT2D eigenvalue weighted by molar-refractivity contribution is 6.06. The maximum atomic E-state index is 11.7. The van der Waals surface area contributed by atoms with Gasteiger partial charge in [-0.25, -0.2) is 0 Å². The molecule has 1 heterocycles. The second-order valence-electron chi connectivity index (χ2n) is 6.00. The molecule has 2 aromatic carbocycles. The first-order valence-corrected chi connectivity index (χ1v) is 8.50. The highest BCUT2D eigenvalue weighted by atomic mass is 16.5. The van der Waals surface area contributed by atoms with Crippen LogP contribution in [0.1, 0.15) is 36.5 Å². The summed E-state index contributed by atoms with van der Waals surface area (Å²) < 4.78 is 7.72. The van der Waals surface area contributed by atoms with E-state index >= 15 is 0 Å². The molecule has 0 atom stereocenters. The zero-order valence-corrected chi connectivity index (χ0v) is 14.3. The Kier molecular flexibility index (Phi) is 4.99. The first-order valence-electron chi connectivity index (χ1n) is 8.50. The minimum Gasteiger partial charge on any atom is -0.496 e. The molecule has 24 heavy (non-hydrogen) atoms. The lowest BCUT2D eigenvalue weighted by atomic mass is 9.98. The Hall–Kier alpha value is -2.55. The number of unbranched alkanes of at least 4 members (excludes halogenated alkanes) is 2. The van der Waals surface area contributed by atoms with Crippen LogP contribution in [0.15, 0.2) is 48.7 Å². The van der Waals surface area contributed by atoms with Gasteiger partial charge in [0.25, 0.3) is 0 Å². The summed E-state index contributed by atoms with van der Waals surface area (Å²) in [6.07, 6.45) is 6.44. The molecule has 0 spiro atoms. The lowest BCUT2D eigenvalue weighted by molar-refractivity contribution is 0.112. The van der Waals surface area contributed by atoms with Crippen molar-refractivity contribution in [3.8, 4) is 16.9 Å². The van der Waals surface area contributed by atoms with Crippen LogP contribution in [0.3, 0.4) is 0 Å². The third-order valence-electron chi connectivity index (χ3n) is 4.46. The smallest absolute Gasteiger partial charge is 0.152 e. The predicted molar refractivity (Wildman–Crippen MR) is 98.8 cm³/mol. The van der Waals surface area contributed by atoms with Crippen LogP contribution in [0.5, 0.6) is 5.75 Å². The number of hydrogen-bond donors (Lipinski definition) is 0. The molecule has 0 bridgehead atoms. The highest BCUT2D eigenvalue weighted by Gasteiger charge is 2.15. The topological polar surface area (TPSA) is 31.2 Å². The molecule has 3 heteroatoms. The Bertz CT molecular complexity index is 848. The van der Waals surface area contributed by atoms with E-state index in [2.05, 4.69) is 29.7 Å². The third-order valence-corrected chi connectivity index (χ3v) is 4.46. The summed E-state index contributed by atoms with van der Waals surface area (Å²) in [6, 6.07) is 14.1. The van der Waals surface area contributed by atoms with Crippen LogP contribution in [0.25, 0.3) is 22.0 Å². The van der Waals surface area contributed by atoms with Crippen LogP contribution in [-0.2, 0) is 6.54 Å². The monoisotopic (exact) mass is 321 g/mol. The molecule has 3 rings (SSSR count). The molecule has 0 aliphatic rings. The number of fused-ring (bicyclic) bond motifs is 1. The first-order chi connectivity index (χ1) is 11.8. The van der Waals surface area contributed by atoms with Crippen LogP contribution >= 0.6 is 0 Å². The molecule has 0 aliphatic carbocycles. The van der Waals surface area contributed by atoms with Crippen LogP contribution in [0.4, 0.5) is 0 Å². The van der Waals surface area contributed by atoms with Crippen molar-refractivity contribution in [2.24, 2.45) is 0 Å². The Labute approximate surface area is 142 Å². The summed E-state index contributed by atoms with van der Waals surface area (Å²) in [4.78, 5) is 11.7. The maximum absolute atomic E-state index is 11.7. The van der Waals surface area contributed by atoms with Crippen molar-refractivity contribution in [1.29, 1.82) is 0 Å². The molecule has 0 radical (unpaired) electrons. The fourth-order valence-corrected chi connectivity index (χ4v) is 3.28. The van der Waals surface area contributed by atoms with Crippen molar-refractivity contribution in [3.63, 3.8) is 0 Å². The van der Waals surface area contributed by atoms with Gasteiger partial charge in [-0.2, -0.15) is 0 Å². The van der Waals surface area contributed by atoms with Crippen molar-refractivity contribution in [2.75, 3.05) is 7.11 Å². The Morgan fingerprint density at radius 3 is 2.58 bits per heavy atom. The van der Waals surface area contributed by atoms with Gasteiger partial charge in [0.1, 0.15) is 5.75 Å². The van der Waals surface area contributed by atoms with Crippen molar-refractivity contribution in [3.05, 3.63) is 54.2 Å². The lowest BCUT2D eigenvalue weighted by Crippen LogP contribution is -1.96. The van der Waals surface area contributed by atoms with E-state index in [-0.39, 0.29) is 0 Å². The van der Waals surface area contributed by atoms with Gasteiger partial charge in [-0.05, 0) is 24.1 Å². The number of nitrogens with zero attached hydrogens (tertiary/aromatic N) is 1. The van der Waals surface area contributed by atoms with E-state index in [1.807, 2.05) is 30.5 Å². The molecule has 3 nitrogen and oxygen atoms in total. The van der Waals surface area contributed by atoms with E-state index in [0.717, 1.165) is 52.6 Å². The Morgan fingerprint density at radius 1 is 1.04 bits per heavy atom. The van der Waals surface area contributed by atoms with Gasteiger partial charge in [0.05, 0.1) is 7.11 Å². The van der Waals surface area contributed by atoms with E-state index in [9.17, 15) is 4.79 Å². The number of aromatic nitrogens is 1. The van der Waals surface area contributed by atoms with Crippen LogP contribution in [0.2, 0.25) is 0 Å². The van der Waals surface area contributed by atoms with E-state index in [1.165, 1.54) is 12.8 Å². The normalized spacial score (nSPS) is 10.9. The van der Waals surface area contributed by atoms with Crippen LogP contribution in [-0.4, -0.2) is 18.0 Å². The molecule has 0 saturated carbocycles. The fourth-order valence-electron chi connectivity index (χ4n) is 3.28. The quantitative estimate of drug-likeness (QED) is 0.435. The zero-order chi connectivity index (χ0) is 16.9. The number of carbonyl (C=O) groups is 1. The van der Waals surface area contributed by atoms with E-state index in [1.54, 1.807) is 7.11 Å². The van der Waals surface area contributed by atoms with Crippen LogP contribution in [0, 0.1) is 0 Å². The van der Waals surface area contributed by atoms with Gasteiger partial charge in [-0.1, -0.05) is 50.1 Å². The number of aldehydes is 1. The number of ether oxygens (including phenoxy) is 1. The van der Waals surface area contributed by atoms with E-state index in [0.29, 0.717) is 0 Å². The molecule has 0 unspecified atom stereocenters. The highest BCUT2D eigenvalue weighted by Crippen LogP contribution is 2.37. The van der Waals surface area contributed by atoms with Gasteiger partial charge in [-0.3, -0.25) is 4.79 Å². The number of aryl methyl sites for hydroxylation is 1. The largest absolute Gasteiger partial charge is 0.496 e. The van der Waals surface area contributed by atoms with Gasteiger partial charge in [0.15, 0.2) is 6.29 Å². The third kappa shape index (κ3) is 2.94. The van der Waals surface area contributed by atoms with Crippen molar-refractivity contribution in [1.82, 2.24) is 4.57 Å². The van der Waals surface area contributed by atoms with E-state index in [4.69, 9.17) is 4.74 Å². The Balaban J connectivity index is 2.17. The first kappa shape index (κ1) is 16.3. The number of rotatable bonds is 7. The average molecular weight is 321 g/mol. The summed E-state index contributed by atoms with van der Waals surface area (Å²) >= 11 is 0. The Morgan fingerprint density at radius 2 is 1.83 bits per heavy atom.